The Hall–Kier alpha value is -3.18. The second-order valence-electron chi connectivity index (χ2n) is 6.69. The molecule has 0 aliphatic carbocycles. The van der Waals surface area contributed by atoms with E-state index in [2.05, 4.69) is 14.7 Å². The van der Waals surface area contributed by atoms with E-state index in [0.29, 0.717) is 15.9 Å². The van der Waals surface area contributed by atoms with Crippen LogP contribution in [0.2, 0.25) is 0 Å². The molecule has 0 radical (unpaired) electrons. The topological polar surface area (TPSA) is 120 Å². The van der Waals surface area contributed by atoms with Crippen LogP contribution in [0.1, 0.15) is 11.1 Å². The van der Waals surface area contributed by atoms with Gasteiger partial charge in [-0.1, -0.05) is 22.9 Å². The lowest BCUT2D eigenvalue weighted by atomic mass is 10.1. The van der Waals surface area contributed by atoms with Crippen LogP contribution in [0.25, 0.3) is 10.2 Å². The molecule has 10 heteroatoms. The van der Waals surface area contributed by atoms with Crippen LogP contribution in [-0.4, -0.2) is 29.6 Å². The highest BCUT2D eigenvalue weighted by molar-refractivity contribution is 8.23. The molecule has 0 bridgehead atoms. The highest BCUT2D eigenvalue weighted by Gasteiger charge is 2.30. The van der Waals surface area contributed by atoms with Gasteiger partial charge in [-0.05, 0) is 41.3 Å². The minimum Gasteiger partial charge on any atom is -0.506 e. The van der Waals surface area contributed by atoms with Crippen LogP contribution in [0.3, 0.4) is 0 Å². The molecular weight excluding hydrogens is 424 g/mol. The molecule has 1 aliphatic rings. The van der Waals surface area contributed by atoms with Gasteiger partial charge in [0.1, 0.15) is 21.0 Å². The Kier molecular flexibility index (Phi) is 4.36. The van der Waals surface area contributed by atoms with Crippen molar-refractivity contribution in [3.63, 3.8) is 0 Å². The molecule has 0 amide bonds. The third-order valence-electron chi connectivity index (χ3n) is 4.82. The first kappa shape index (κ1) is 18.8. The number of fused-ring (bicyclic) bond motifs is 2. The number of para-hydroxylation sites is 1. The van der Waals surface area contributed by atoms with Crippen LogP contribution in [0.5, 0.6) is 5.75 Å². The van der Waals surface area contributed by atoms with E-state index in [4.69, 9.17) is 0 Å². The summed E-state index contributed by atoms with van der Waals surface area (Å²) in [5, 5.41) is 16.1. The first-order chi connectivity index (χ1) is 14.5. The fraction of sp³-hybridized carbons (Fsp3) is 0.0500. The molecule has 8 nitrogen and oxygen atoms in total. The van der Waals surface area contributed by atoms with Gasteiger partial charge in [-0.25, -0.2) is 0 Å². The van der Waals surface area contributed by atoms with Gasteiger partial charge in [0.15, 0.2) is 5.84 Å². The summed E-state index contributed by atoms with van der Waals surface area (Å²) in [5.74, 6) is -0.323. The molecule has 0 saturated heterocycles. The number of amidine groups is 1. The number of nitrogens with zero attached hydrogens (tertiary/aromatic N) is 3. The lowest BCUT2D eigenvalue weighted by molar-refractivity contribution is 0.478. The number of anilines is 1. The Balaban J connectivity index is 1.73. The van der Waals surface area contributed by atoms with Crippen molar-refractivity contribution in [3.05, 3.63) is 81.7 Å². The number of hydrogen-bond acceptors (Lipinski definition) is 8. The van der Waals surface area contributed by atoms with Crippen molar-refractivity contribution in [3.8, 4) is 5.75 Å². The van der Waals surface area contributed by atoms with E-state index in [-0.39, 0.29) is 28.6 Å². The summed E-state index contributed by atoms with van der Waals surface area (Å²) in [6, 6.07) is 12.0. The van der Waals surface area contributed by atoms with E-state index in [1.807, 2.05) is 12.1 Å². The van der Waals surface area contributed by atoms with Gasteiger partial charge >= 0.3 is 0 Å². The first-order valence-corrected chi connectivity index (χ1v) is 11.3. The summed E-state index contributed by atoms with van der Waals surface area (Å²) in [5.41, 5.74) is 0.698. The summed E-state index contributed by atoms with van der Waals surface area (Å²) in [4.78, 5) is 18.3. The second-order valence-corrected chi connectivity index (χ2v) is 9.24. The van der Waals surface area contributed by atoms with Crippen LogP contribution in [0.4, 0.5) is 5.69 Å². The van der Waals surface area contributed by atoms with Gasteiger partial charge in [0.05, 0.1) is 17.6 Å². The number of pyridine rings is 2. The third kappa shape index (κ3) is 2.97. The molecule has 0 fully saturated rings. The number of hydrogen-bond donors (Lipinski definition) is 4. The maximum absolute atomic E-state index is 13.4. The summed E-state index contributed by atoms with van der Waals surface area (Å²) in [6.07, 6.45) is 3.29. The van der Waals surface area contributed by atoms with E-state index in [9.17, 15) is 19.0 Å². The van der Waals surface area contributed by atoms with Gasteiger partial charge in [0, 0.05) is 12.4 Å². The fourth-order valence-corrected chi connectivity index (χ4v) is 5.49. The molecule has 4 N–H and O–H groups in total. The van der Waals surface area contributed by atoms with E-state index in [0.717, 1.165) is 5.56 Å². The fourth-order valence-electron chi connectivity index (χ4n) is 3.43. The average Bonchev–Trinajstić information content (AvgIpc) is 3.22. The van der Waals surface area contributed by atoms with Gasteiger partial charge in [-0.15, -0.1) is 15.7 Å². The maximum atomic E-state index is 13.4. The minimum absolute atomic E-state index is 0.0761. The van der Waals surface area contributed by atoms with Gasteiger partial charge in [0.25, 0.3) is 5.56 Å². The van der Waals surface area contributed by atoms with Gasteiger partial charge < -0.3 is 10.4 Å². The molecule has 1 aromatic carbocycles. The number of thiophene rings is 1. The second kappa shape index (κ2) is 6.96. The van der Waals surface area contributed by atoms with Crippen LogP contribution in [0.15, 0.2) is 74.3 Å². The van der Waals surface area contributed by atoms with Crippen molar-refractivity contribution in [1.82, 2.24) is 9.55 Å². The van der Waals surface area contributed by atoms with Crippen LogP contribution >= 0.6 is 22.1 Å². The van der Waals surface area contributed by atoms with Crippen molar-refractivity contribution in [2.75, 3.05) is 5.32 Å². The maximum Gasteiger partial charge on any atom is 0.266 e. The van der Waals surface area contributed by atoms with Gasteiger partial charge in [-0.3, -0.25) is 23.5 Å². The van der Waals surface area contributed by atoms with Crippen molar-refractivity contribution in [2.45, 2.75) is 11.4 Å². The predicted molar refractivity (Wildman–Crippen MR) is 119 cm³/mol. The zero-order valence-corrected chi connectivity index (χ0v) is 17.0. The minimum atomic E-state index is -3.52. The Morgan fingerprint density at radius 1 is 1.10 bits per heavy atom. The molecule has 0 unspecified atom stereocenters. The molecule has 30 heavy (non-hydrogen) atoms. The van der Waals surface area contributed by atoms with E-state index >= 15 is 0 Å². The molecule has 152 valence electrons. The number of nitrogens with one attached hydrogen (secondary N) is 1. The van der Waals surface area contributed by atoms with Gasteiger partial charge in [-0.2, -0.15) is 0 Å². The first-order valence-electron chi connectivity index (χ1n) is 8.92. The molecule has 0 saturated carbocycles. The van der Waals surface area contributed by atoms with Crippen molar-refractivity contribution >= 4 is 43.9 Å². The molecular formula is C20H16N4O4S2. The molecule has 4 aromatic rings. The highest BCUT2D eigenvalue weighted by Crippen LogP contribution is 2.55. The number of rotatable bonds is 3. The van der Waals surface area contributed by atoms with Crippen molar-refractivity contribution in [1.29, 1.82) is 0 Å². The molecule has 0 spiro atoms. The zero-order chi connectivity index (χ0) is 20.9. The normalized spacial score (nSPS) is 15.9. The van der Waals surface area contributed by atoms with Crippen LogP contribution in [-0.2, 0) is 6.54 Å². The lowest BCUT2D eigenvalue weighted by Gasteiger charge is -2.34. The standard InChI is InChI=1S/C20H16N4O4S2/c25-17-13-7-10-29-20(13)24(11-12-5-8-21-9-6-12)19(26)16(17)18-22-14-3-1-2-4-15(14)30(27,28)23-18/h1-10,25,27-28H,11H2,(H,22,23). The SMILES string of the molecule is O=c1c(C2=NS(O)(O)c3ccccc3N2)c(O)c2ccsc2n1Cc1ccncc1. The van der Waals surface area contributed by atoms with Crippen LogP contribution in [0, 0.1) is 0 Å². The van der Waals surface area contributed by atoms with Crippen molar-refractivity contribution < 1.29 is 14.2 Å². The monoisotopic (exact) mass is 440 g/mol. The largest absolute Gasteiger partial charge is 0.506 e. The molecule has 3 aromatic heterocycles. The Labute approximate surface area is 176 Å². The quantitative estimate of drug-likeness (QED) is 0.381. The molecule has 0 atom stereocenters. The Morgan fingerprint density at radius 2 is 1.87 bits per heavy atom. The van der Waals surface area contributed by atoms with E-state index in [1.165, 1.54) is 11.3 Å². The van der Waals surface area contributed by atoms with Crippen LogP contribution < -0.4 is 10.9 Å². The number of benzene rings is 1. The summed E-state index contributed by atoms with van der Waals surface area (Å²) < 4.78 is 26.6. The van der Waals surface area contributed by atoms with Crippen molar-refractivity contribution in [2.24, 2.45) is 4.40 Å². The smallest absolute Gasteiger partial charge is 0.266 e. The Bertz CT molecular complexity index is 1360. The van der Waals surface area contributed by atoms with Gasteiger partial charge in [0.2, 0.25) is 0 Å². The van der Waals surface area contributed by atoms with E-state index in [1.54, 1.807) is 52.7 Å². The third-order valence-corrected chi connectivity index (χ3v) is 7.14. The molecule has 1 aliphatic heterocycles. The average molecular weight is 441 g/mol. The predicted octanol–water partition coefficient (Wildman–Crippen LogP) is 4.11. The lowest BCUT2D eigenvalue weighted by Crippen LogP contribution is -2.32. The number of aromatic nitrogens is 2. The zero-order valence-electron chi connectivity index (χ0n) is 15.4. The molecule has 5 rings (SSSR count). The summed E-state index contributed by atoms with van der Waals surface area (Å²) in [6.45, 7) is 0.270. The van der Waals surface area contributed by atoms with E-state index < -0.39 is 16.3 Å². The summed E-state index contributed by atoms with van der Waals surface area (Å²) >= 11 is 1.34. The number of aromatic hydroxyl groups is 1. The Morgan fingerprint density at radius 3 is 2.67 bits per heavy atom. The summed E-state index contributed by atoms with van der Waals surface area (Å²) in [7, 11) is -3.52. The molecule has 4 heterocycles. The highest BCUT2D eigenvalue weighted by atomic mass is 32.3.